The van der Waals surface area contributed by atoms with E-state index in [0.717, 1.165) is 0 Å². The standard InChI is InChI=1S/C12H9NO4/c1-17-12(14)10-7-6-8-4-2-3-5-9(8)11(10)13(15)16/h2-7H,1H3. The topological polar surface area (TPSA) is 69.4 Å². The van der Waals surface area contributed by atoms with Gasteiger partial charge in [-0.1, -0.05) is 24.3 Å². The average Bonchev–Trinajstić information content (AvgIpc) is 2.36. The molecule has 2 aromatic carbocycles. The first kappa shape index (κ1) is 11.1. The summed E-state index contributed by atoms with van der Waals surface area (Å²) in [4.78, 5) is 21.9. The molecule has 0 aliphatic heterocycles. The maximum absolute atomic E-state index is 11.5. The molecule has 2 aromatic rings. The lowest BCUT2D eigenvalue weighted by atomic mass is 10.0. The number of methoxy groups -OCH3 is 1. The van der Waals surface area contributed by atoms with Crippen LogP contribution < -0.4 is 0 Å². The molecule has 86 valence electrons. The summed E-state index contributed by atoms with van der Waals surface area (Å²) < 4.78 is 4.53. The van der Waals surface area contributed by atoms with Gasteiger partial charge in [0, 0.05) is 0 Å². The van der Waals surface area contributed by atoms with E-state index < -0.39 is 10.9 Å². The van der Waals surface area contributed by atoms with Crippen molar-refractivity contribution in [1.29, 1.82) is 0 Å². The lowest BCUT2D eigenvalue weighted by molar-refractivity contribution is -0.383. The molecule has 17 heavy (non-hydrogen) atoms. The lowest BCUT2D eigenvalue weighted by Gasteiger charge is -2.04. The van der Waals surface area contributed by atoms with Crippen LogP contribution >= 0.6 is 0 Å². The summed E-state index contributed by atoms with van der Waals surface area (Å²) >= 11 is 0. The van der Waals surface area contributed by atoms with Gasteiger partial charge in [0.15, 0.2) is 0 Å². The molecule has 0 unspecified atom stereocenters. The Morgan fingerprint density at radius 2 is 1.94 bits per heavy atom. The number of nitro benzene ring substituents is 1. The Bertz CT molecular complexity index is 606. The van der Waals surface area contributed by atoms with Crippen LogP contribution in [0.5, 0.6) is 0 Å². The van der Waals surface area contributed by atoms with Crippen LogP contribution in [-0.2, 0) is 4.74 Å². The van der Waals surface area contributed by atoms with E-state index in [-0.39, 0.29) is 11.3 Å². The predicted molar refractivity (Wildman–Crippen MR) is 61.9 cm³/mol. The summed E-state index contributed by atoms with van der Waals surface area (Å²) in [5.41, 5.74) is -0.244. The molecule has 0 aliphatic rings. The number of fused-ring (bicyclic) bond motifs is 1. The van der Waals surface area contributed by atoms with E-state index in [1.165, 1.54) is 13.2 Å². The van der Waals surface area contributed by atoms with Gasteiger partial charge < -0.3 is 4.74 Å². The van der Waals surface area contributed by atoms with Crippen molar-refractivity contribution in [3.05, 3.63) is 52.1 Å². The van der Waals surface area contributed by atoms with Crippen LogP contribution in [0.1, 0.15) is 10.4 Å². The molecule has 0 bridgehead atoms. The third kappa shape index (κ3) is 1.82. The Morgan fingerprint density at radius 1 is 1.24 bits per heavy atom. The molecule has 0 atom stereocenters. The Kier molecular flexibility index (Phi) is 2.74. The van der Waals surface area contributed by atoms with Crippen molar-refractivity contribution >= 4 is 22.4 Å². The fourth-order valence-corrected chi connectivity index (χ4v) is 1.73. The number of nitro groups is 1. The molecule has 0 spiro atoms. The third-order valence-corrected chi connectivity index (χ3v) is 2.49. The number of hydrogen-bond donors (Lipinski definition) is 0. The smallest absolute Gasteiger partial charge is 0.344 e. The maximum Gasteiger partial charge on any atom is 0.344 e. The van der Waals surface area contributed by atoms with Crippen molar-refractivity contribution < 1.29 is 14.5 Å². The van der Waals surface area contributed by atoms with Crippen molar-refractivity contribution in [2.45, 2.75) is 0 Å². The largest absolute Gasteiger partial charge is 0.465 e. The van der Waals surface area contributed by atoms with Crippen LogP contribution in [0.25, 0.3) is 10.8 Å². The van der Waals surface area contributed by atoms with Crippen molar-refractivity contribution in [3.8, 4) is 0 Å². The minimum atomic E-state index is -0.706. The van der Waals surface area contributed by atoms with E-state index in [1.54, 1.807) is 30.3 Å². The molecular weight excluding hydrogens is 222 g/mol. The first-order valence-corrected chi connectivity index (χ1v) is 4.89. The molecule has 0 heterocycles. The fraction of sp³-hybridized carbons (Fsp3) is 0.0833. The van der Waals surface area contributed by atoms with Crippen LogP contribution in [0.15, 0.2) is 36.4 Å². The number of esters is 1. The summed E-state index contributed by atoms with van der Waals surface area (Å²) in [6, 6.07) is 9.91. The number of nitrogens with zero attached hydrogens (tertiary/aromatic N) is 1. The van der Waals surface area contributed by atoms with E-state index in [4.69, 9.17) is 0 Å². The quantitative estimate of drug-likeness (QED) is 0.452. The first-order valence-electron chi connectivity index (χ1n) is 4.89. The lowest BCUT2D eigenvalue weighted by Crippen LogP contribution is -2.05. The van der Waals surface area contributed by atoms with Gasteiger partial charge in [0.25, 0.3) is 5.69 Å². The molecule has 0 saturated carbocycles. The molecule has 0 aromatic heterocycles. The van der Waals surface area contributed by atoms with E-state index in [1.807, 2.05) is 0 Å². The van der Waals surface area contributed by atoms with Gasteiger partial charge >= 0.3 is 5.97 Å². The number of carbonyl (C=O) groups excluding carboxylic acids is 1. The van der Waals surface area contributed by atoms with Crippen LogP contribution in [0.4, 0.5) is 5.69 Å². The minimum absolute atomic E-state index is 0.0313. The summed E-state index contributed by atoms with van der Waals surface area (Å²) in [5, 5.41) is 12.2. The molecule has 2 rings (SSSR count). The minimum Gasteiger partial charge on any atom is -0.465 e. The Balaban J connectivity index is 2.82. The fourth-order valence-electron chi connectivity index (χ4n) is 1.73. The van der Waals surface area contributed by atoms with Gasteiger partial charge in [0.1, 0.15) is 5.56 Å². The second kappa shape index (κ2) is 4.21. The van der Waals surface area contributed by atoms with Crippen LogP contribution in [0.3, 0.4) is 0 Å². The van der Waals surface area contributed by atoms with Crippen LogP contribution in [0, 0.1) is 10.1 Å². The van der Waals surface area contributed by atoms with Crippen molar-refractivity contribution in [1.82, 2.24) is 0 Å². The predicted octanol–water partition coefficient (Wildman–Crippen LogP) is 2.53. The number of carbonyl (C=O) groups is 1. The second-order valence-electron chi connectivity index (χ2n) is 3.43. The highest BCUT2D eigenvalue weighted by Gasteiger charge is 2.23. The molecule has 5 heteroatoms. The van der Waals surface area contributed by atoms with Gasteiger partial charge in [-0.05, 0) is 17.5 Å². The third-order valence-electron chi connectivity index (χ3n) is 2.49. The highest BCUT2D eigenvalue weighted by Crippen LogP contribution is 2.29. The molecule has 0 radical (unpaired) electrons. The van der Waals surface area contributed by atoms with Crippen LogP contribution in [0.2, 0.25) is 0 Å². The molecule has 5 nitrogen and oxygen atoms in total. The Morgan fingerprint density at radius 3 is 2.59 bits per heavy atom. The van der Waals surface area contributed by atoms with E-state index in [0.29, 0.717) is 10.8 Å². The zero-order valence-electron chi connectivity index (χ0n) is 9.04. The molecule has 0 amide bonds. The number of hydrogen-bond acceptors (Lipinski definition) is 4. The van der Waals surface area contributed by atoms with E-state index >= 15 is 0 Å². The molecule has 0 saturated heterocycles. The number of benzene rings is 2. The van der Waals surface area contributed by atoms with Crippen molar-refractivity contribution in [2.75, 3.05) is 7.11 Å². The van der Waals surface area contributed by atoms with Gasteiger partial charge in [0.05, 0.1) is 17.4 Å². The second-order valence-corrected chi connectivity index (χ2v) is 3.43. The van der Waals surface area contributed by atoms with Gasteiger partial charge in [-0.15, -0.1) is 0 Å². The number of ether oxygens (including phenoxy) is 1. The van der Waals surface area contributed by atoms with Gasteiger partial charge in [0.2, 0.25) is 0 Å². The first-order chi connectivity index (χ1) is 8.15. The SMILES string of the molecule is COC(=O)c1ccc2ccccc2c1[N+](=O)[O-]. The van der Waals surface area contributed by atoms with Crippen molar-refractivity contribution in [3.63, 3.8) is 0 Å². The monoisotopic (exact) mass is 231 g/mol. The normalized spacial score (nSPS) is 10.2. The van der Waals surface area contributed by atoms with E-state index in [9.17, 15) is 14.9 Å². The average molecular weight is 231 g/mol. The Labute approximate surface area is 96.8 Å². The molecule has 0 N–H and O–H groups in total. The summed E-state index contributed by atoms with van der Waals surface area (Å²) in [6.45, 7) is 0. The van der Waals surface area contributed by atoms with Gasteiger partial charge in [-0.2, -0.15) is 0 Å². The van der Waals surface area contributed by atoms with Gasteiger partial charge in [-0.25, -0.2) is 4.79 Å². The molecule has 0 aliphatic carbocycles. The highest BCUT2D eigenvalue weighted by atomic mass is 16.6. The molecular formula is C12H9NO4. The summed E-state index contributed by atoms with van der Waals surface area (Å²) in [6.07, 6.45) is 0. The van der Waals surface area contributed by atoms with Crippen LogP contribution in [-0.4, -0.2) is 18.0 Å². The molecule has 0 fully saturated rings. The zero-order chi connectivity index (χ0) is 12.4. The maximum atomic E-state index is 11.5. The summed E-state index contributed by atoms with van der Waals surface area (Å²) in [5.74, 6) is -0.706. The Hall–Kier alpha value is -2.43. The van der Waals surface area contributed by atoms with E-state index in [2.05, 4.69) is 4.74 Å². The highest BCUT2D eigenvalue weighted by molar-refractivity contribution is 6.03. The van der Waals surface area contributed by atoms with Crippen molar-refractivity contribution in [2.24, 2.45) is 0 Å². The van der Waals surface area contributed by atoms with Gasteiger partial charge in [-0.3, -0.25) is 10.1 Å². The summed E-state index contributed by atoms with van der Waals surface area (Å²) in [7, 11) is 1.20. The zero-order valence-corrected chi connectivity index (χ0v) is 9.04. The number of rotatable bonds is 2.